The second-order valence-electron chi connectivity index (χ2n) is 5.95. The Bertz CT molecular complexity index is 920. The Hall–Kier alpha value is -3.41. The molecule has 0 aliphatic heterocycles. The first kappa shape index (κ1) is 17.4. The van der Waals surface area contributed by atoms with Gasteiger partial charge in [-0.15, -0.1) is 0 Å². The van der Waals surface area contributed by atoms with E-state index in [1.807, 2.05) is 6.07 Å². The average Bonchev–Trinajstić information content (AvgIpc) is 2.61. The summed E-state index contributed by atoms with van der Waals surface area (Å²) in [7, 11) is 1.36. The lowest BCUT2D eigenvalue weighted by molar-refractivity contribution is 0.0602. The predicted octanol–water partition coefficient (Wildman–Crippen LogP) is 4.37. The zero-order valence-electron chi connectivity index (χ0n) is 14.9. The van der Waals surface area contributed by atoms with Crippen molar-refractivity contribution >= 4 is 29.0 Å². The average molecular weight is 348 g/mol. The zero-order chi connectivity index (χ0) is 18.5. The fourth-order valence-electron chi connectivity index (χ4n) is 2.71. The molecule has 26 heavy (non-hydrogen) atoms. The van der Waals surface area contributed by atoms with Crippen molar-refractivity contribution in [3.05, 3.63) is 71.5 Å². The summed E-state index contributed by atoms with van der Waals surface area (Å²) in [5, 5.41) is 6.42. The van der Waals surface area contributed by atoms with Gasteiger partial charge >= 0.3 is 5.97 Å². The summed E-state index contributed by atoms with van der Waals surface area (Å²) in [5.41, 5.74) is 4.37. The number of carbonyl (C=O) groups excluding carboxylic acids is 1. The monoisotopic (exact) mass is 348 g/mol. The van der Waals surface area contributed by atoms with Gasteiger partial charge in [0.15, 0.2) is 0 Å². The fraction of sp³-hybridized carbons (Fsp3) is 0.150. The van der Waals surface area contributed by atoms with Gasteiger partial charge in [-0.25, -0.2) is 14.8 Å². The number of para-hydroxylation sites is 1. The number of aromatic nitrogens is 2. The van der Waals surface area contributed by atoms with E-state index in [9.17, 15) is 4.79 Å². The van der Waals surface area contributed by atoms with Crippen molar-refractivity contribution in [1.29, 1.82) is 0 Å². The molecule has 0 atom stereocenters. The molecule has 3 rings (SSSR count). The lowest BCUT2D eigenvalue weighted by atomic mass is 10.1. The minimum Gasteiger partial charge on any atom is -0.465 e. The first-order valence-corrected chi connectivity index (χ1v) is 8.17. The highest BCUT2D eigenvalue weighted by molar-refractivity contribution is 5.96. The number of rotatable bonds is 5. The molecular weight excluding hydrogens is 328 g/mol. The molecule has 3 aromatic rings. The minimum absolute atomic E-state index is 0.407. The van der Waals surface area contributed by atoms with Gasteiger partial charge in [-0.1, -0.05) is 18.2 Å². The highest BCUT2D eigenvalue weighted by Gasteiger charge is 2.11. The van der Waals surface area contributed by atoms with Crippen LogP contribution in [-0.4, -0.2) is 23.0 Å². The van der Waals surface area contributed by atoms with Gasteiger partial charge in [0.1, 0.15) is 18.0 Å². The Kier molecular flexibility index (Phi) is 5.12. The van der Waals surface area contributed by atoms with Crippen molar-refractivity contribution in [3.63, 3.8) is 0 Å². The first-order chi connectivity index (χ1) is 12.5. The number of hydrogen-bond acceptors (Lipinski definition) is 6. The van der Waals surface area contributed by atoms with Crippen LogP contribution in [0.1, 0.15) is 21.5 Å². The smallest absolute Gasteiger partial charge is 0.339 e. The highest BCUT2D eigenvalue weighted by Crippen LogP contribution is 2.23. The van der Waals surface area contributed by atoms with Crippen LogP contribution in [0.2, 0.25) is 0 Å². The highest BCUT2D eigenvalue weighted by atomic mass is 16.5. The van der Waals surface area contributed by atoms with Gasteiger partial charge in [0, 0.05) is 11.8 Å². The molecule has 0 aliphatic rings. The summed E-state index contributed by atoms with van der Waals surface area (Å²) >= 11 is 0. The minimum atomic E-state index is -0.407. The van der Waals surface area contributed by atoms with Crippen molar-refractivity contribution < 1.29 is 9.53 Å². The van der Waals surface area contributed by atoms with E-state index in [1.54, 1.807) is 24.3 Å². The molecule has 0 spiro atoms. The summed E-state index contributed by atoms with van der Waals surface area (Å²) in [6.45, 7) is 4.10. The van der Waals surface area contributed by atoms with Crippen molar-refractivity contribution in [3.8, 4) is 0 Å². The summed E-state index contributed by atoms with van der Waals surface area (Å²) < 4.78 is 4.82. The van der Waals surface area contributed by atoms with E-state index in [4.69, 9.17) is 4.74 Å². The molecule has 0 aliphatic carbocycles. The molecule has 6 nitrogen and oxygen atoms in total. The molecule has 132 valence electrons. The third-order valence-corrected chi connectivity index (χ3v) is 3.76. The number of nitrogens with one attached hydrogen (secondary N) is 2. The Morgan fingerprint density at radius 1 is 0.923 bits per heavy atom. The van der Waals surface area contributed by atoms with Gasteiger partial charge in [0.25, 0.3) is 0 Å². The van der Waals surface area contributed by atoms with Crippen LogP contribution in [-0.2, 0) is 4.74 Å². The van der Waals surface area contributed by atoms with Crippen LogP contribution in [0.3, 0.4) is 0 Å². The number of ether oxygens (including phenoxy) is 1. The molecule has 0 saturated carbocycles. The molecule has 6 heteroatoms. The van der Waals surface area contributed by atoms with Crippen LogP contribution in [0, 0.1) is 13.8 Å². The number of benzene rings is 2. The quantitative estimate of drug-likeness (QED) is 0.667. The van der Waals surface area contributed by atoms with E-state index in [0.29, 0.717) is 22.9 Å². The second kappa shape index (κ2) is 7.65. The third kappa shape index (κ3) is 4.16. The van der Waals surface area contributed by atoms with Gasteiger partial charge in [-0.05, 0) is 49.2 Å². The molecular formula is C20H20N4O2. The van der Waals surface area contributed by atoms with Gasteiger partial charge in [0.2, 0.25) is 0 Å². The van der Waals surface area contributed by atoms with Crippen molar-refractivity contribution in [2.45, 2.75) is 13.8 Å². The molecule has 1 aromatic heterocycles. The Morgan fingerprint density at radius 2 is 1.58 bits per heavy atom. The SMILES string of the molecule is COC(=O)c1ccccc1Nc1cc(Nc2cc(C)cc(C)c2)ncn1. The second-order valence-corrected chi connectivity index (χ2v) is 5.95. The predicted molar refractivity (Wildman–Crippen MR) is 102 cm³/mol. The number of nitrogens with zero attached hydrogens (tertiary/aromatic N) is 2. The van der Waals surface area contributed by atoms with E-state index < -0.39 is 5.97 Å². The normalized spacial score (nSPS) is 10.3. The maximum Gasteiger partial charge on any atom is 0.339 e. The van der Waals surface area contributed by atoms with Crippen molar-refractivity contribution in [1.82, 2.24) is 9.97 Å². The molecule has 0 amide bonds. The maximum absolute atomic E-state index is 11.9. The molecule has 0 fully saturated rings. The topological polar surface area (TPSA) is 76.1 Å². The van der Waals surface area contributed by atoms with Crippen LogP contribution in [0.5, 0.6) is 0 Å². The molecule has 0 radical (unpaired) electrons. The van der Waals surface area contributed by atoms with E-state index >= 15 is 0 Å². The number of methoxy groups -OCH3 is 1. The molecule has 0 bridgehead atoms. The maximum atomic E-state index is 11.9. The third-order valence-electron chi connectivity index (χ3n) is 3.76. The fourth-order valence-corrected chi connectivity index (χ4v) is 2.71. The van der Waals surface area contributed by atoms with E-state index in [1.165, 1.54) is 24.6 Å². The summed E-state index contributed by atoms with van der Waals surface area (Å²) in [4.78, 5) is 20.4. The summed E-state index contributed by atoms with van der Waals surface area (Å²) in [5.74, 6) is 0.821. The Morgan fingerprint density at radius 3 is 2.27 bits per heavy atom. The first-order valence-electron chi connectivity index (χ1n) is 8.17. The zero-order valence-corrected chi connectivity index (χ0v) is 14.9. The summed E-state index contributed by atoms with van der Waals surface area (Å²) in [6.07, 6.45) is 1.47. The van der Waals surface area contributed by atoms with E-state index in [2.05, 4.69) is 52.6 Å². The van der Waals surface area contributed by atoms with E-state index in [0.717, 1.165) is 5.69 Å². The lowest BCUT2D eigenvalue weighted by Gasteiger charge is -2.12. The number of aryl methyl sites for hydroxylation is 2. The standard InChI is InChI=1S/C20H20N4O2/c1-13-8-14(2)10-15(9-13)23-18-11-19(22-12-21-18)24-17-7-5-4-6-16(17)20(25)26-3/h4-12H,1-3H3,(H2,21,22,23,24). The summed E-state index contributed by atoms with van der Waals surface area (Å²) in [6, 6.07) is 15.1. The number of hydrogen-bond donors (Lipinski definition) is 2. The molecule has 2 N–H and O–H groups in total. The molecule has 0 unspecified atom stereocenters. The van der Waals surface area contributed by atoms with Crippen molar-refractivity contribution in [2.75, 3.05) is 17.7 Å². The van der Waals surface area contributed by atoms with Crippen LogP contribution >= 0.6 is 0 Å². The van der Waals surface area contributed by atoms with E-state index in [-0.39, 0.29) is 0 Å². The number of anilines is 4. The lowest BCUT2D eigenvalue weighted by Crippen LogP contribution is -2.06. The van der Waals surface area contributed by atoms with Crippen LogP contribution in [0.4, 0.5) is 23.0 Å². The van der Waals surface area contributed by atoms with Gasteiger partial charge in [-0.2, -0.15) is 0 Å². The van der Waals surface area contributed by atoms with Crippen LogP contribution < -0.4 is 10.6 Å². The van der Waals surface area contributed by atoms with Crippen molar-refractivity contribution in [2.24, 2.45) is 0 Å². The van der Waals surface area contributed by atoms with Crippen LogP contribution in [0.15, 0.2) is 54.9 Å². The molecule has 2 aromatic carbocycles. The Labute approximate surface area is 152 Å². The molecule has 0 saturated heterocycles. The number of esters is 1. The van der Waals surface area contributed by atoms with Gasteiger partial charge < -0.3 is 15.4 Å². The Balaban J connectivity index is 1.83. The largest absolute Gasteiger partial charge is 0.465 e. The van der Waals surface area contributed by atoms with Gasteiger partial charge in [-0.3, -0.25) is 0 Å². The molecule has 1 heterocycles. The van der Waals surface area contributed by atoms with Crippen LogP contribution in [0.25, 0.3) is 0 Å². The number of carbonyl (C=O) groups is 1. The van der Waals surface area contributed by atoms with Gasteiger partial charge in [0.05, 0.1) is 18.4 Å².